The summed E-state index contributed by atoms with van der Waals surface area (Å²) < 4.78 is 5.48. The highest BCUT2D eigenvalue weighted by molar-refractivity contribution is 6.30. The van der Waals surface area contributed by atoms with Crippen molar-refractivity contribution in [2.45, 2.75) is 43.9 Å². The molecule has 2 aliphatic rings. The van der Waals surface area contributed by atoms with Crippen molar-refractivity contribution in [1.82, 2.24) is 14.8 Å². The van der Waals surface area contributed by atoms with Gasteiger partial charge in [-0.05, 0) is 31.7 Å². The molecular formula is C17H24ClN3O2. The van der Waals surface area contributed by atoms with E-state index in [2.05, 4.69) is 9.88 Å². The van der Waals surface area contributed by atoms with E-state index < -0.39 is 0 Å². The van der Waals surface area contributed by atoms with Gasteiger partial charge in [0.2, 0.25) is 0 Å². The maximum absolute atomic E-state index is 12.7. The third-order valence-electron chi connectivity index (χ3n) is 5.19. The van der Waals surface area contributed by atoms with Gasteiger partial charge in [-0.25, -0.2) is 0 Å². The summed E-state index contributed by atoms with van der Waals surface area (Å²) in [5.41, 5.74) is 0.557. The molecule has 3 atom stereocenters. The van der Waals surface area contributed by atoms with Gasteiger partial charge in [-0.1, -0.05) is 11.6 Å². The summed E-state index contributed by atoms with van der Waals surface area (Å²) in [6.45, 7) is 2.03. The number of carbonyl (C=O) groups is 1. The number of amides is 1. The van der Waals surface area contributed by atoms with Gasteiger partial charge in [-0.2, -0.15) is 0 Å². The molecule has 126 valence electrons. The zero-order valence-electron chi connectivity index (χ0n) is 13.7. The number of aromatic nitrogens is 1. The standard InChI is InChI=1S/C17H24ClN3O2/c1-20(17(22)12-8-13(18)10-19-9-12)15-4-3-5-16(15)21-7-6-14(11-21)23-2/h8-10,14-16H,3-7,11H2,1-2H3/t14?,15-,16+/m1/s1. The largest absolute Gasteiger partial charge is 0.380 e. The Balaban J connectivity index is 1.70. The summed E-state index contributed by atoms with van der Waals surface area (Å²) in [5, 5.41) is 0.495. The highest BCUT2D eigenvalue weighted by atomic mass is 35.5. The van der Waals surface area contributed by atoms with Crippen LogP contribution >= 0.6 is 11.6 Å². The quantitative estimate of drug-likeness (QED) is 0.846. The number of carbonyl (C=O) groups excluding carboxylic acids is 1. The summed E-state index contributed by atoms with van der Waals surface area (Å²) in [4.78, 5) is 21.1. The lowest BCUT2D eigenvalue weighted by atomic mass is 10.1. The van der Waals surface area contributed by atoms with E-state index in [0.717, 1.165) is 38.8 Å². The van der Waals surface area contributed by atoms with Crippen LogP contribution in [0.5, 0.6) is 0 Å². The molecule has 1 amide bonds. The summed E-state index contributed by atoms with van der Waals surface area (Å²) in [5.74, 6) is -0.000566. The highest BCUT2D eigenvalue weighted by Gasteiger charge is 2.39. The van der Waals surface area contributed by atoms with Gasteiger partial charge >= 0.3 is 0 Å². The van der Waals surface area contributed by atoms with Crippen molar-refractivity contribution in [2.24, 2.45) is 0 Å². The van der Waals surface area contributed by atoms with Crippen LogP contribution in [0.3, 0.4) is 0 Å². The van der Waals surface area contributed by atoms with Crippen LogP contribution in [0.1, 0.15) is 36.0 Å². The van der Waals surface area contributed by atoms with Gasteiger partial charge in [0.15, 0.2) is 0 Å². The molecule has 0 bridgehead atoms. The van der Waals surface area contributed by atoms with Crippen LogP contribution in [0, 0.1) is 0 Å². The molecule has 3 rings (SSSR count). The van der Waals surface area contributed by atoms with Gasteiger partial charge in [0.05, 0.1) is 16.7 Å². The Morgan fingerprint density at radius 3 is 2.91 bits per heavy atom. The molecule has 1 saturated heterocycles. The molecule has 1 aliphatic carbocycles. The Kier molecular flexibility index (Phi) is 5.19. The average Bonchev–Trinajstić information content (AvgIpc) is 3.21. The van der Waals surface area contributed by atoms with Gasteiger partial charge in [0, 0.05) is 51.7 Å². The molecule has 5 nitrogen and oxygen atoms in total. The van der Waals surface area contributed by atoms with Gasteiger partial charge < -0.3 is 9.64 Å². The Morgan fingerprint density at radius 2 is 2.22 bits per heavy atom. The fourth-order valence-electron chi connectivity index (χ4n) is 3.93. The Hall–Kier alpha value is -1.17. The molecular weight excluding hydrogens is 314 g/mol. The zero-order chi connectivity index (χ0) is 16.4. The van der Waals surface area contributed by atoms with Gasteiger partial charge in [0.25, 0.3) is 5.91 Å². The molecule has 23 heavy (non-hydrogen) atoms. The topological polar surface area (TPSA) is 45.7 Å². The first-order valence-corrected chi connectivity index (χ1v) is 8.62. The number of nitrogens with zero attached hydrogens (tertiary/aromatic N) is 3. The number of pyridine rings is 1. The van der Waals surface area contributed by atoms with Gasteiger partial charge in [0.1, 0.15) is 0 Å². The minimum absolute atomic E-state index is 0.000566. The number of rotatable bonds is 4. The number of halogens is 1. The molecule has 0 radical (unpaired) electrons. The van der Waals surface area contributed by atoms with Crippen molar-refractivity contribution >= 4 is 17.5 Å². The molecule has 2 heterocycles. The molecule has 0 N–H and O–H groups in total. The van der Waals surface area contributed by atoms with E-state index in [1.807, 2.05) is 11.9 Å². The smallest absolute Gasteiger partial charge is 0.255 e. The Bertz CT molecular complexity index is 569. The van der Waals surface area contributed by atoms with E-state index in [-0.39, 0.29) is 11.9 Å². The van der Waals surface area contributed by atoms with E-state index >= 15 is 0 Å². The van der Waals surface area contributed by atoms with Crippen molar-refractivity contribution in [3.8, 4) is 0 Å². The highest BCUT2D eigenvalue weighted by Crippen LogP contribution is 2.31. The van der Waals surface area contributed by atoms with Gasteiger partial charge in [-0.3, -0.25) is 14.7 Å². The molecule has 1 aromatic heterocycles. The number of likely N-dealkylation sites (tertiary alicyclic amines) is 1. The Morgan fingerprint density at radius 1 is 1.39 bits per heavy atom. The molecule has 1 aliphatic heterocycles. The SMILES string of the molecule is COC1CCN([C@H]2CCC[C@H]2N(C)C(=O)c2cncc(Cl)c2)C1. The van der Waals surface area contributed by atoms with Crippen LogP contribution in [-0.2, 0) is 4.74 Å². The van der Waals surface area contributed by atoms with E-state index in [4.69, 9.17) is 16.3 Å². The second kappa shape index (κ2) is 7.16. The van der Waals surface area contributed by atoms with E-state index in [1.54, 1.807) is 25.6 Å². The van der Waals surface area contributed by atoms with Crippen molar-refractivity contribution in [3.05, 3.63) is 29.0 Å². The fraction of sp³-hybridized carbons (Fsp3) is 0.647. The van der Waals surface area contributed by atoms with E-state index in [9.17, 15) is 4.79 Å². The summed E-state index contributed by atoms with van der Waals surface area (Å²) in [6.07, 6.45) is 7.90. The van der Waals surface area contributed by atoms with Gasteiger partial charge in [-0.15, -0.1) is 0 Å². The number of ether oxygens (including phenoxy) is 1. The van der Waals surface area contributed by atoms with Crippen LogP contribution in [0.4, 0.5) is 0 Å². The second-order valence-corrected chi connectivity index (χ2v) is 6.95. The monoisotopic (exact) mass is 337 g/mol. The molecule has 1 unspecified atom stereocenters. The predicted octanol–water partition coefficient (Wildman–Crippen LogP) is 2.45. The number of hydrogen-bond acceptors (Lipinski definition) is 4. The van der Waals surface area contributed by atoms with Crippen molar-refractivity contribution < 1.29 is 9.53 Å². The third kappa shape index (κ3) is 3.52. The van der Waals surface area contributed by atoms with Crippen LogP contribution in [0.25, 0.3) is 0 Å². The lowest BCUT2D eigenvalue weighted by molar-refractivity contribution is 0.0605. The predicted molar refractivity (Wildman–Crippen MR) is 89.8 cm³/mol. The Labute approximate surface area is 142 Å². The maximum atomic E-state index is 12.7. The lowest BCUT2D eigenvalue weighted by Crippen LogP contribution is -2.49. The van der Waals surface area contributed by atoms with Crippen molar-refractivity contribution in [1.29, 1.82) is 0 Å². The van der Waals surface area contributed by atoms with Crippen LogP contribution in [0.2, 0.25) is 5.02 Å². The number of methoxy groups -OCH3 is 1. The number of hydrogen-bond donors (Lipinski definition) is 0. The normalized spacial score (nSPS) is 28.2. The van der Waals surface area contributed by atoms with Crippen LogP contribution in [-0.4, -0.2) is 66.1 Å². The molecule has 1 aromatic rings. The first-order chi connectivity index (χ1) is 11.1. The first-order valence-electron chi connectivity index (χ1n) is 8.24. The minimum atomic E-state index is -0.000566. The fourth-order valence-corrected chi connectivity index (χ4v) is 4.10. The molecule has 0 spiro atoms. The second-order valence-electron chi connectivity index (χ2n) is 6.51. The third-order valence-corrected chi connectivity index (χ3v) is 5.40. The molecule has 6 heteroatoms. The lowest BCUT2D eigenvalue weighted by Gasteiger charge is -2.35. The van der Waals surface area contributed by atoms with Crippen molar-refractivity contribution in [2.75, 3.05) is 27.2 Å². The average molecular weight is 338 g/mol. The summed E-state index contributed by atoms with van der Waals surface area (Å²) >= 11 is 5.96. The number of likely N-dealkylation sites (N-methyl/N-ethyl adjacent to an activating group) is 1. The molecule has 0 aromatic carbocycles. The van der Waals surface area contributed by atoms with E-state index in [1.165, 1.54) is 0 Å². The van der Waals surface area contributed by atoms with Crippen LogP contribution in [0.15, 0.2) is 18.5 Å². The molecule has 2 fully saturated rings. The van der Waals surface area contributed by atoms with E-state index in [0.29, 0.717) is 22.7 Å². The van der Waals surface area contributed by atoms with Crippen molar-refractivity contribution in [3.63, 3.8) is 0 Å². The zero-order valence-corrected chi connectivity index (χ0v) is 14.5. The molecule has 1 saturated carbocycles. The first kappa shape index (κ1) is 16.7. The summed E-state index contributed by atoms with van der Waals surface area (Å²) in [7, 11) is 3.68. The minimum Gasteiger partial charge on any atom is -0.380 e. The summed E-state index contributed by atoms with van der Waals surface area (Å²) in [6, 6.07) is 2.36. The maximum Gasteiger partial charge on any atom is 0.255 e. The van der Waals surface area contributed by atoms with Crippen LogP contribution < -0.4 is 0 Å².